The molecule has 2 N–H and O–H groups in total. The minimum atomic E-state index is -0.835. The van der Waals surface area contributed by atoms with Crippen molar-refractivity contribution in [2.45, 2.75) is 45.0 Å². The fourth-order valence-corrected chi connectivity index (χ4v) is 4.68. The van der Waals surface area contributed by atoms with Gasteiger partial charge in [-0.15, -0.1) is 11.8 Å². The van der Waals surface area contributed by atoms with Crippen molar-refractivity contribution in [1.29, 1.82) is 5.26 Å². The average Bonchev–Trinajstić information content (AvgIpc) is 2.60. The minimum absolute atomic E-state index is 0.0127. The molecule has 1 saturated carbocycles. The Kier molecular flexibility index (Phi) is 3.15. The second-order valence-corrected chi connectivity index (χ2v) is 6.87. The molecule has 1 heterocycles. The van der Waals surface area contributed by atoms with Crippen molar-refractivity contribution in [2.75, 3.05) is 0 Å². The van der Waals surface area contributed by atoms with Gasteiger partial charge >= 0.3 is 0 Å². The van der Waals surface area contributed by atoms with E-state index in [-0.39, 0.29) is 11.8 Å². The highest BCUT2D eigenvalue weighted by atomic mass is 32.2. The maximum Gasteiger partial charge on any atom is 0.106 e. The van der Waals surface area contributed by atoms with Crippen LogP contribution in [0.15, 0.2) is 10.6 Å². The molecule has 94 valence electrons. The van der Waals surface area contributed by atoms with Crippen LogP contribution in [0.2, 0.25) is 0 Å². The van der Waals surface area contributed by atoms with Crippen LogP contribution in [0.1, 0.15) is 33.6 Å². The summed E-state index contributed by atoms with van der Waals surface area (Å²) in [7, 11) is 0. The highest BCUT2D eigenvalue weighted by Crippen LogP contribution is 2.58. The van der Waals surface area contributed by atoms with Crippen LogP contribution < -0.4 is 5.73 Å². The lowest BCUT2D eigenvalue weighted by Crippen LogP contribution is -2.48. The standard InChI is InChI=1S/C13H19FN2S/c1-7(2)13(3)10(14)5-4-9-11(13)8(6-15)12(16)17-9/h7,9-11H,4-5,16H2,1-3H3. The van der Waals surface area contributed by atoms with Crippen LogP contribution in [0.4, 0.5) is 4.39 Å². The van der Waals surface area contributed by atoms with E-state index in [1.807, 2.05) is 20.8 Å². The molecule has 4 heteroatoms. The van der Waals surface area contributed by atoms with Crippen molar-refractivity contribution in [3.63, 3.8) is 0 Å². The molecule has 0 aromatic heterocycles. The first-order valence-corrected chi connectivity index (χ1v) is 7.01. The zero-order chi connectivity index (χ0) is 12.8. The summed E-state index contributed by atoms with van der Waals surface area (Å²) in [6, 6.07) is 2.21. The van der Waals surface area contributed by atoms with E-state index in [2.05, 4.69) is 6.07 Å². The highest BCUT2D eigenvalue weighted by Gasteiger charge is 2.55. The van der Waals surface area contributed by atoms with Crippen LogP contribution >= 0.6 is 11.8 Å². The van der Waals surface area contributed by atoms with Crippen LogP contribution in [0.25, 0.3) is 0 Å². The summed E-state index contributed by atoms with van der Waals surface area (Å²) in [5.41, 5.74) is 6.08. The molecule has 0 aromatic carbocycles. The Hall–Kier alpha value is -0.690. The van der Waals surface area contributed by atoms with Gasteiger partial charge in [0.15, 0.2) is 0 Å². The molecular formula is C13H19FN2S. The summed E-state index contributed by atoms with van der Waals surface area (Å²) in [6.07, 6.45) is 0.582. The molecule has 4 unspecified atom stereocenters. The van der Waals surface area contributed by atoms with E-state index < -0.39 is 11.6 Å². The molecule has 2 aliphatic rings. The summed E-state index contributed by atoms with van der Waals surface area (Å²) >= 11 is 1.57. The van der Waals surface area contributed by atoms with Gasteiger partial charge in [0, 0.05) is 16.6 Å². The van der Waals surface area contributed by atoms with Crippen LogP contribution in [-0.2, 0) is 0 Å². The highest BCUT2D eigenvalue weighted by molar-refractivity contribution is 8.03. The van der Waals surface area contributed by atoms with E-state index in [4.69, 9.17) is 5.73 Å². The SMILES string of the molecule is CC(C)C1(C)C(F)CCC2SC(N)=C(C#N)C21. The van der Waals surface area contributed by atoms with Gasteiger partial charge in [0.1, 0.15) is 6.17 Å². The molecule has 0 radical (unpaired) electrons. The third-order valence-electron chi connectivity index (χ3n) is 4.64. The summed E-state index contributed by atoms with van der Waals surface area (Å²) in [6.45, 7) is 6.07. The number of hydrogen-bond donors (Lipinski definition) is 1. The lowest BCUT2D eigenvalue weighted by atomic mass is 9.58. The molecule has 0 spiro atoms. The van der Waals surface area contributed by atoms with Crippen molar-refractivity contribution < 1.29 is 4.39 Å². The van der Waals surface area contributed by atoms with Crippen LogP contribution in [-0.4, -0.2) is 11.4 Å². The number of halogens is 1. The van der Waals surface area contributed by atoms with Crippen molar-refractivity contribution >= 4 is 11.8 Å². The molecule has 2 rings (SSSR count). The number of nitrogens with zero attached hydrogens (tertiary/aromatic N) is 1. The Morgan fingerprint density at radius 3 is 2.71 bits per heavy atom. The van der Waals surface area contributed by atoms with E-state index in [9.17, 15) is 9.65 Å². The van der Waals surface area contributed by atoms with E-state index in [0.29, 0.717) is 22.3 Å². The summed E-state index contributed by atoms with van der Waals surface area (Å²) in [5, 5.41) is 10.2. The lowest BCUT2D eigenvalue weighted by molar-refractivity contribution is -0.00428. The molecule has 1 fully saturated rings. The van der Waals surface area contributed by atoms with Gasteiger partial charge < -0.3 is 5.73 Å². The summed E-state index contributed by atoms with van der Waals surface area (Å²) in [5.74, 6) is 0.196. The van der Waals surface area contributed by atoms with E-state index in [0.717, 1.165) is 6.42 Å². The van der Waals surface area contributed by atoms with Gasteiger partial charge in [-0.2, -0.15) is 5.26 Å². The smallest absolute Gasteiger partial charge is 0.106 e. The van der Waals surface area contributed by atoms with Gasteiger partial charge in [0.2, 0.25) is 0 Å². The van der Waals surface area contributed by atoms with E-state index >= 15 is 0 Å². The Bertz CT molecular complexity index is 399. The normalized spacial score (nSPS) is 41.5. The molecular weight excluding hydrogens is 235 g/mol. The predicted molar refractivity (Wildman–Crippen MR) is 68.8 cm³/mol. The molecule has 17 heavy (non-hydrogen) atoms. The van der Waals surface area contributed by atoms with E-state index in [1.54, 1.807) is 11.8 Å². The lowest BCUT2D eigenvalue weighted by Gasteiger charge is -2.48. The zero-order valence-electron chi connectivity index (χ0n) is 10.5. The first kappa shape index (κ1) is 12.8. The number of allylic oxidation sites excluding steroid dienone is 1. The van der Waals surface area contributed by atoms with Crippen molar-refractivity contribution in [3.8, 4) is 6.07 Å². The number of hydrogen-bond acceptors (Lipinski definition) is 3. The quantitative estimate of drug-likeness (QED) is 0.781. The predicted octanol–water partition coefficient (Wildman–Crippen LogP) is 3.21. The fraction of sp³-hybridized carbons (Fsp3) is 0.769. The monoisotopic (exact) mass is 254 g/mol. The second kappa shape index (κ2) is 4.20. The third-order valence-corrected chi connectivity index (χ3v) is 5.93. The zero-order valence-corrected chi connectivity index (χ0v) is 11.4. The number of thioether (sulfide) groups is 1. The van der Waals surface area contributed by atoms with Gasteiger partial charge in [-0.1, -0.05) is 20.8 Å². The Labute approximate surface area is 106 Å². The molecule has 1 aliphatic heterocycles. The topological polar surface area (TPSA) is 49.8 Å². The summed E-state index contributed by atoms with van der Waals surface area (Å²) in [4.78, 5) is 0. The molecule has 4 atom stereocenters. The van der Waals surface area contributed by atoms with Gasteiger partial charge in [0.25, 0.3) is 0 Å². The largest absolute Gasteiger partial charge is 0.393 e. The molecule has 1 aliphatic carbocycles. The molecule has 0 amide bonds. The first-order valence-electron chi connectivity index (χ1n) is 6.13. The van der Waals surface area contributed by atoms with Crippen molar-refractivity contribution in [1.82, 2.24) is 0 Å². The van der Waals surface area contributed by atoms with Crippen molar-refractivity contribution in [2.24, 2.45) is 23.0 Å². The third kappa shape index (κ3) is 1.67. The minimum Gasteiger partial charge on any atom is -0.393 e. The first-order chi connectivity index (χ1) is 7.92. The second-order valence-electron chi connectivity index (χ2n) is 5.59. The maximum absolute atomic E-state index is 14.4. The van der Waals surface area contributed by atoms with Crippen LogP contribution in [0, 0.1) is 28.6 Å². The van der Waals surface area contributed by atoms with Gasteiger partial charge in [-0.3, -0.25) is 0 Å². The molecule has 2 nitrogen and oxygen atoms in total. The number of fused-ring (bicyclic) bond motifs is 1. The average molecular weight is 254 g/mol. The number of rotatable bonds is 1. The Balaban J connectivity index is 2.46. The van der Waals surface area contributed by atoms with Gasteiger partial charge in [-0.25, -0.2) is 4.39 Å². The van der Waals surface area contributed by atoms with Crippen LogP contribution in [0.3, 0.4) is 0 Å². The van der Waals surface area contributed by atoms with Gasteiger partial charge in [-0.05, 0) is 18.8 Å². The summed E-state index contributed by atoms with van der Waals surface area (Å²) < 4.78 is 14.4. The van der Waals surface area contributed by atoms with E-state index in [1.165, 1.54) is 0 Å². The maximum atomic E-state index is 14.4. The molecule has 0 aromatic rings. The van der Waals surface area contributed by atoms with Gasteiger partial charge in [0.05, 0.1) is 16.7 Å². The van der Waals surface area contributed by atoms with Crippen molar-refractivity contribution in [3.05, 3.63) is 10.6 Å². The molecule has 0 saturated heterocycles. The Morgan fingerprint density at radius 1 is 1.53 bits per heavy atom. The number of nitriles is 1. The fourth-order valence-electron chi connectivity index (χ4n) is 3.23. The Morgan fingerprint density at radius 2 is 2.18 bits per heavy atom. The number of nitrogens with two attached hydrogens (primary N) is 1. The molecule has 0 bridgehead atoms. The van der Waals surface area contributed by atoms with Crippen LogP contribution in [0.5, 0.6) is 0 Å². The number of alkyl halides is 1.